The fraction of sp³-hybridized carbons (Fsp3) is 0.438. The molecule has 2 aromatic rings. The zero-order valence-corrected chi connectivity index (χ0v) is 12.7. The maximum Gasteiger partial charge on any atom is 0.249 e. The van der Waals surface area contributed by atoms with Crippen molar-refractivity contribution in [3.8, 4) is 0 Å². The number of carbonyl (C=O) groups is 1. The summed E-state index contributed by atoms with van der Waals surface area (Å²) < 4.78 is 6.57. The summed E-state index contributed by atoms with van der Waals surface area (Å²) in [5, 5.41) is 14.1. The quantitative estimate of drug-likeness (QED) is 0.912. The summed E-state index contributed by atoms with van der Waals surface area (Å²) in [6, 6.07) is 9.99. The predicted molar refractivity (Wildman–Crippen MR) is 83.3 cm³/mol. The summed E-state index contributed by atoms with van der Waals surface area (Å²) in [6.45, 7) is 2.87. The fourth-order valence-corrected chi connectivity index (χ4v) is 3.65. The highest BCUT2D eigenvalue weighted by Crippen LogP contribution is 2.29. The predicted octanol–water partition coefficient (Wildman–Crippen LogP) is 2.48. The summed E-state index contributed by atoms with van der Waals surface area (Å²) in [6.07, 6.45) is -0.139. The molecule has 1 amide bonds. The Balaban J connectivity index is 1.61. The molecule has 4 nitrogen and oxygen atoms in total. The first-order valence-electron chi connectivity index (χ1n) is 7.21. The van der Waals surface area contributed by atoms with Crippen molar-refractivity contribution in [1.29, 1.82) is 0 Å². The largest absolute Gasteiger partial charge is 0.386 e. The zero-order valence-electron chi connectivity index (χ0n) is 11.9. The maximum absolute atomic E-state index is 12.0. The van der Waals surface area contributed by atoms with Crippen molar-refractivity contribution in [2.24, 2.45) is 5.92 Å². The van der Waals surface area contributed by atoms with E-state index in [4.69, 9.17) is 4.74 Å². The number of aliphatic hydroxyl groups is 1. The molecule has 1 aromatic heterocycles. The first-order valence-corrected chi connectivity index (χ1v) is 8.02. The fourth-order valence-electron chi connectivity index (χ4n) is 2.60. The molecule has 3 rings (SSSR count). The van der Waals surface area contributed by atoms with Crippen molar-refractivity contribution in [3.63, 3.8) is 0 Å². The van der Waals surface area contributed by atoms with Gasteiger partial charge in [-0.05, 0) is 29.9 Å². The number of aliphatic hydroxyl groups excluding tert-OH is 1. The van der Waals surface area contributed by atoms with E-state index < -0.39 is 6.10 Å². The van der Waals surface area contributed by atoms with Crippen LogP contribution < -0.4 is 5.32 Å². The van der Waals surface area contributed by atoms with Crippen molar-refractivity contribution >= 4 is 27.3 Å². The normalized spacial score (nSPS) is 23.3. The first-order chi connectivity index (χ1) is 10.1. The summed E-state index contributed by atoms with van der Waals surface area (Å²) in [4.78, 5) is 12.9. The van der Waals surface area contributed by atoms with E-state index in [0.29, 0.717) is 6.61 Å². The second-order valence-electron chi connectivity index (χ2n) is 5.50. The second-order valence-corrected chi connectivity index (χ2v) is 6.62. The summed E-state index contributed by atoms with van der Waals surface area (Å²) in [7, 11) is 0. The molecule has 0 bridgehead atoms. The molecular weight excluding hydrogens is 286 g/mol. The van der Waals surface area contributed by atoms with Crippen molar-refractivity contribution in [2.45, 2.75) is 25.6 Å². The lowest BCUT2D eigenvalue weighted by atomic mass is 10.0. The average Bonchev–Trinajstić information content (AvgIpc) is 3.10. The Morgan fingerprint density at radius 3 is 3.05 bits per heavy atom. The Kier molecular flexibility index (Phi) is 4.24. The van der Waals surface area contributed by atoms with Gasteiger partial charge in [0, 0.05) is 22.7 Å². The third-order valence-electron chi connectivity index (χ3n) is 3.89. The van der Waals surface area contributed by atoms with Crippen molar-refractivity contribution < 1.29 is 14.6 Å². The van der Waals surface area contributed by atoms with Gasteiger partial charge in [0.2, 0.25) is 5.91 Å². The van der Waals surface area contributed by atoms with Crippen LogP contribution in [0.2, 0.25) is 0 Å². The Morgan fingerprint density at radius 2 is 2.33 bits per heavy atom. The molecule has 0 radical (unpaired) electrons. The number of benzene rings is 1. The Labute approximate surface area is 127 Å². The van der Waals surface area contributed by atoms with Crippen LogP contribution in [-0.4, -0.2) is 30.3 Å². The van der Waals surface area contributed by atoms with Crippen molar-refractivity contribution in [3.05, 3.63) is 35.2 Å². The minimum absolute atomic E-state index is 0.125. The molecule has 1 aromatic carbocycles. The van der Waals surface area contributed by atoms with Gasteiger partial charge in [-0.25, -0.2) is 0 Å². The van der Waals surface area contributed by atoms with E-state index in [2.05, 4.69) is 5.32 Å². The molecule has 1 saturated heterocycles. The van der Waals surface area contributed by atoms with E-state index in [-0.39, 0.29) is 24.5 Å². The van der Waals surface area contributed by atoms with E-state index in [9.17, 15) is 9.90 Å². The van der Waals surface area contributed by atoms with Crippen molar-refractivity contribution in [2.75, 3.05) is 13.2 Å². The lowest BCUT2D eigenvalue weighted by molar-refractivity contribution is -0.131. The molecule has 1 fully saturated rings. The highest BCUT2D eigenvalue weighted by Gasteiger charge is 2.30. The number of amides is 1. The van der Waals surface area contributed by atoms with Gasteiger partial charge in [-0.3, -0.25) is 4.79 Å². The van der Waals surface area contributed by atoms with Crippen LogP contribution in [0.15, 0.2) is 30.3 Å². The van der Waals surface area contributed by atoms with Crippen LogP contribution in [0.5, 0.6) is 0 Å². The van der Waals surface area contributed by atoms with E-state index >= 15 is 0 Å². The van der Waals surface area contributed by atoms with Crippen LogP contribution in [-0.2, 0) is 9.53 Å². The Hall–Kier alpha value is -1.43. The molecular formula is C16H19NO3S. The van der Waals surface area contributed by atoms with Gasteiger partial charge >= 0.3 is 0 Å². The number of fused-ring (bicyclic) bond motifs is 1. The van der Waals surface area contributed by atoms with Crippen LogP contribution in [0.3, 0.4) is 0 Å². The third-order valence-corrected chi connectivity index (χ3v) is 5.11. The zero-order chi connectivity index (χ0) is 14.8. The number of carbonyl (C=O) groups excluding carboxylic acids is 1. The lowest BCUT2D eigenvalue weighted by Crippen LogP contribution is -2.39. The number of nitrogens with one attached hydrogen (secondary N) is 1. The average molecular weight is 305 g/mol. The number of thiophene rings is 1. The molecule has 3 atom stereocenters. The van der Waals surface area contributed by atoms with Gasteiger partial charge in [0.1, 0.15) is 12.2 Å². The van der Waals surface area contributed by atoms with Crippen LogP contribution in [0, 0.1) is 5.92 Å². The molecule has 5 heteroatoms. The maximum atomic E-state index is 12.0. The highest BCUT2D eigenvalue weighted by molar-refractivity contribution is 7.19. The van der Waals surface area contributed by atoms with Crippen LogP contribution in [0.25, 0.3) is 10.1 Å². The number of rotatable bonds is 4. The van der Waals surface area contributed by atoms with Gasteiger partial charge in [-0.15, -0.1) is 11.3 Å². The molecule has 0 aliphatic carbocycles. The van der Waals surface area contributed by atoms with Crippen LogP contribution in [0.4, 0.5) is 0 Å². The molecule has 2 N–H and O–H groups in total. The molecule has 112 valence electrons. The highest BCUT2D eigenvalue weighted by atomic mass is 32.1. The van der Waals surface area contributed by atoms with E-state index in [1.165, 1.54) is 0 Å². The lowest BCUT2D eigenvalue weighted by Gasteiger charge is -2.16. The molecule has 0 spiro atoms. The van der Waals surface area contributed by atoms with Gasteiger partial charge < -0.3 is 15.2 Å². The second kappa shape index (κ2) is 6.13. The minimum atomic E-state index is -0.678. The minimum Gasteiger partial charge on any atom is -0.386 e. The smallest absolute Gasteiger partial charge is 0.249 e. The van der Waals surface area contributed by atoms with E-state index in [1.54, 1.807) is 11.3 Å². The van der Waals surface area contributed by atoms with Gasteiger partial charge in [0.05, 0.1) is 0 Å². The molecule has 1 aliphatic heterocycles. The van der Waals surface area contributed by atoms with Crippen molar-refractivity contribution in [1.82, 2.24) is 5.32 Å². The van der Waals surface area contributed by atoms with Gasteiger partial charge in [0.25, 0.3) is 0 Å². The Morgan fingerprint density at radius 1 is 1.52 bits per heavy atom. The first kappa shape index (κ1) is 14.5. The molecule has 3 unspecified atom stereocenters. The Bertz CT molecular complexity index is 606. The monoisotopic (exact) mass is 305 g/mol. The van der Waals surface area contributed by atoms with Gasteiger partial charge in [0.15, 0.2) is 0 Å². The number of ether oxygens (including phenoxy) is 1. The van der Waals surface area contributed by atoms with E-state index in [0.717, 1.165) is 21.4 Å². The third kappa shape index (κ3) is 3.10. The number of hydrogen-bond acceptors (Lipinski definition) is 4. The molecule has 21 heavy (non-hydrogen) atoms. The molecule has 2 heterocycles. The van der Waals surface area contributed by atoms with E-state index in [1.807, 2.05) is 37.3 Å². The molecule has 1 aliphatic rings. The topological polar surface area (TPSA) is 58.6 Å². The summed E-state index contributed by atoms with van der Waals surface area (Å²) in [5.41, 5.74) is 0. The SMILES string of the molecule is CC1CCOC1C(=O)NCC(O)c1cc2ccccc2s1. The van der Waals surface area contributed by atoms with Gasteiger partial charge in [-0.1, -0.05) is 25.1 Å². The standard InChI is InChI=1S/C16H19NO3S/c1-10-6-7-20-15(10)16(19)17-9-12(18)14-8-11-4-2-3-5-13(11)21-14/h2-5,8,10,12,15,18H,6-7,9H2,1H3,(H,17,19). The summed E-state index contributed by atoms with van der Waals surface area (Å²) in [5.74, 6) is 0.117. The summed E-state index contributed by atoms with van der Waals surface area (Å²) >= 11 is 1.56. The van der Waals surface area contributed by atoms with Crippen LogP contribution in [0.1, 0.15) is 24.3 Å². The van der Waals surface area contributed by atoms with Crippen LogP contribution >= 0.6 is 11.3 Å². The van der Waals surface area contributed by atoms with Gasteiger partial charge in [-0.2, -0.15) is 0 Å². The molecule has 0 saturated carbocycles. The number of hydrogen-bond donors (Lipinski definition) is 2.